The second-order valence-corrected chi connectivity index (χ2v) is 8.86. The van der Waals surface area contributed by atoms with Gasteiger partial charge in [0.05, 0.1) is 19.1 Å². The fourth-order valence-corrected chi connectivity index (χ4v) is 2.65. The Morgan fingerprint density at radius 1 is 1.07 bits per heavy atom. The van der Waals surface area contributed by atoms with Gasteiger partial charge in [-0.3, -0.25) is 14.9 Å². The minimum Gasteiger partial charge on any atom is -0.459 e. The van der Waals surface area contributed by atoms with Crippen molar-refractivity contribution in [3.05, 3.63) is 28.7 Å². The zero-order valence-corrected chi connectivity index (χ0v) is 18.7. The van der Waals surface area contributed by atoms with Crippen molar-refractivity contribution >= 4 is 39.4 Å². The second kappa shape index (κ2) is 11.2. The summed E-state index contributed by atoms with van der Waals surface area (Å²) in [5.41, 5.74) is 0.0507. The lowest BCUT2D eigenvalue weighted by Gasteiger charge is -2.21. The van der Waals surface area contributed by atoms with Gasteiger partial charge in [0.1, 0.15) is 5.60 Å². The number of amides is 2. The zero-order chi connectivity index (χ0) is 21.3. The Balaban J connectivity index is 2.56. The van der Waals surface area contributed by atoms with Crippen molar-refractivity contribution in [2.45, 2.75) is 52.7 Å². The molecule has 1 atom stereocenters. The van der Waals surface area contributed by atoms with Crippen LogP contribution in [0.4, 0.5) is 10.5 Å². The Morgan fingerprint density at radius 3 is 2.21 bits per heavy atom. The van der Waals surface area contributed by atoms with Crippen LogP contribution in [0.25, 0.3) is 0 Å². The van der Waals surface area contributed by atoms with Crippen molar-refractivity contribution < 1.29 is 19.1 Å². The summed E-state index contributed by atoms with van der Waals surface area (Å²) in [6.07, 6.45) is 0.501. The molecule has 7 nitrogen and oxygen atoms in total. The van der Waals surface area contributed by atoms with Gasteiger partial charge in [-0.25, -0.2) is 4.79 Å². The van der Waals surface area contributed by atoms with Gasteiger partial charge in [-0.2, -0.15) is 0 Å². The van der Waals surface area contributed by atoms with E-state index in [4.69, 9.17) is 4.74 Å². The molecule has 0 aliphatic heterocycles. The summed E-state index contributed by atoms with van der Waals surface area (Å²) in [7, 11) is 0. The minimum absolute atomic E-state index is 0.0325. The highest BCUT2D eigenvalue weighted by Gasteiger charge is 2.22. The van der Waals surface area contributed by atoms with Crippen molar-refractivity contribution in [1.82, 2.24) is 10.6 Å². The summed E-state index contributed by atoms with van der Waals surface area (Å²) in [6, 6.07) is 6.03. The van der Waals surface area contributed by atoms with Crippen molar-refractivity contribution in [3.8, 4) is 0 Å². The number of nitrogens with one attached hydrogen (secondary N) is 3. The molecule has 0 bridgehead atoms. The first-order valence-corrected chi connectivity index (χ1v) is 10.0. The number of halogens is 1. The lowest BCUT2D eigenvalue weighted by atomic mass is 10.0. The molecule has 2 amide bonds. The van der Waals surface area contributed by atoms with Gasteiger partial charge in [0.15, 0.2) is 5.78 Å². The molecule has 1 aromatic rings. The normalized spacial score (nSPS) is 12.4. The number of Topliss-reactive ketones (excluding diaryl/α,β-unsaturated/α-hetero) is 1. The topological polar surface area (TPSA) is 96.5 Å². The van der Waals surface area contributed by atoms with Crippen molar-refractivity contribution in [2.75, 3.05) is 18.4 Å². The fourth-order valence-electron chi connectivity index (χ4n) is 2.39. The minimum atomic E-state index is -0.651. The largest absolute Gasteiger partial charge is 0.459 e. The van der Waals surface area contributed by atoms with E-state index in [1.54, 1.807) is 32.9 Å². The molecule has 1 rings (SSSR count). The van der Waals surface area contributed by atoms with E-state index in [9.17, 15) is 14.4 Å². The van der Waals surface area contributed by atoms with Gasteiger partial charge < -0.3 is 15.4 Å². The van der Waals surface area contributed by atoms with E-state index < -0.39 is 23.6 Å². The quantitative estimate of drug-likeness (QED) is 0.495. The first-order chi connectivity index (χ1) is 13.0. The standard InChI is InChI=1S/C20H30BrN3O4/c1-13(2)10-16(17(25)11-22-12-18(26)28-20(3,4)5)24-19(27)23-15-8-6-14(21)7-9-15/h6-9,13,16,22H,10-12H2,1-5H3,(H2,23,24,27)/t16-/m0/s1. The first-order valence-electron chi connectivity index (χ1n) is 9.24. The van der Waals surface area contributed by atoms with Gasteiger partial charge in [-0.05, 0) is 57.4 Å². The molecule has 0 aliphatic carbocycles. The maximum Gasteiger partial charge on any atom is 0.320 e. The van der Waals surface area contributed by atoms with Crippen molar-refractivity contribution in [2.24, 2.45) is 5.92 Å². The molecule has 0 spiro atoms. The molecule has 0 radical (unpaired) electrons. The monoisotopic (exact) mass is 455 g/mol. The average molecular weight is 456 g/mol. The number of hydrogen-bond donors (Lipinski definition) is 3. The van der Waals surface area contributed by atoms with Crippen LogP contribution in [-0.4, -0.2) is 42.5 Å². The number of ether oxygens (including phenoxy) is 1. The molecule has 3 N–H and O–H groups in total. The molecule has 0 aromatic heterocycles. The van der Waals surface area contributed by atoms with Gasteiger partial charge in [-0.15, -0.1) is 0 Å². The smallest absolute Gasteiger partial charge is 0.320 e. The molecule has 0 saturated heterocycles. The molecule has 0 heterocycles. The van der Waals surface area contributed by atoms with E-state index in [0.717, 1.165) is 4.47 Å². The Morgan fingerprint density at radius 2 is 1.68 bits per heavy atom. The SMILES string of the molecule is CC(C)C[C@H](NC(=O)Nc1ccc(Br)cc1)C(=O)CNCC(=O)OC(C)(C)C. The number of carbonyl (C=O) groups is 3. The lowest BCUT2D eigenvalue weighted by Crippen LogP contribution is -2.47. The second-order valence-electron chi connectivity index (χ2n) is 7.94. The molecule has 156 valence electrons. The number of benzene rings is 1. The molecule has 0 aliphatic rings. The predicted octanol–water partition coefficient (Wildman–Crippen LogP) is 3.49. The van der Waals surface area contributed by atoms with Gasteiger partial charge in [0, 0.05) is 10.2 Å². The van der Waals surface area contributed by atoms with Crippen molar-refractivity contribution in [1.29, 1.82) is 0 Å². The Hall–Kier alpha value is -1.93. The summed E-state index contributed by atoms with van der Waals surface area (Å²) in [5, 5.41) is 8.22. The average Bonchev–Trinajstić information content (AvgIpc) is 2.54. The Labute approximate surface area is 175 Å². The van der Waals surface area contributed by atoms with Crippen LogP contribution < -0.4 is 16.0 Å². The van der Waals surface area contributed by atoms with Crippen LogP contribution in [0, 0.1) is 5.92 Å². The predicted molar refractivity (Wildman–Crippen MR) is 113 cm³/mol. The number of ketones is 1. The Kier molecular flexibility index (Phi) is 9.61. The van der Waals surface area contributed by atoms with Crippen LogP contribution in [0.1, 0.15) is 41.0 Å². The maximum atomic E-state index is 12.5. The van der Waals surface area contributed by atoms with Crippen molar-refractivity contribution in [3.63, 3.8) is 0 Å². The number of esters is 1. The van der Waals surface area contributed by atoms with Crippen LogP contribution in [-0.2, 0) is 14.3 Å². The molecular weight excluding hydrogens is 426 g/mol. The number of rotatable bonds is 9. The van der Waals surface area contributed by atoms with Gasteiger partial charge in [0.25, 0.3) is 0 Å². The van der Waals surface area contributed by atoms with E-state index in [-0.39, 0.29) is 24.8 Å². The van der Waals surface area contributed by atoms with E-state index in [1.165, 1.54) is 0 Å². The van der Waals surface area contributed by atoms with Crippen LogP contribution in [0.5, 0.6) is 0 Å². The summed E-state index contributed by atoms with van der Waals surface area (Å²) >= 11 is 3.34. The number of carbonyl (C=O) groups excluding carboxylic acids is 3. The Bertz CT molecular complexity index is 669. The molecule has 0 saturated carbocycles. The molecule has 1 aromatic carbocycles. The van der Waals surface area contributed by atoms with Crippen LogP contribution >= 0.6 is 15.9 Å². The first kappa shape index (κ1) is 24.1. The van der Waals surface area contributed by atoms with Crippen LogP contribution in [0.2, 0.25) is 0 Å². The lowest BCUT2D eigenvalue weighted by molar-refractivity contribution is -0.153. The van der Waals surface area contributed by atoms with E-state index in [1.807, 2.05) is 26.0 Å². The number of hydrogen-bond acceptors (Lipinski definition) is 5. The summed E-state index contributed by atoms with van der Waals surface area (Å²) in [5.74, 6) is -0.405. The molecule has 8 heteroatoms. The summed E-state index contributed by atoms with van der Waals surface area (Å²) < 4.78 is 6.09. The third-order valence-electron chi connectivity index (χ3n) is 3.49. The van der Waals surface area contributed by atoms with Gasteiger partial charge in [-0.1, -0.05) is 29.8 Å². The van der Waals surface area contributed by atoms with Gasteiger partial charge in [0.2, 0.25) is 0 Å². The third-order valence-corrected chi connectivity index (χ3v) is 4.02. The zero-order valence-electron chi connectivity index (χ0n) is 17.1. The maximum absolute atomic E-state index is 12.5. The molecule has 0 fully saturated rings. The van der Waals surface area contributed by atoms with E-state index in [2.05, 4.69) is 31.9 Å². The number of anilines is 1. The highest BCUT2D eigenvalue weighted by Crippen LogP contribution is 2.14. The van der Waals surface area contributed by atoms with E-state index >= 15 is 0 Å². The van der Waals surface area contributed by atoms with Gasteiger partial charge >= 0.3 is 12.0 Å². The molecular formula is C20H30BrN3O4. The summed E-state index contributed by atoms with van der Waals surface area (Å²) in [4.78, 5) is 36.5. The fraction of sp³-hybridized carbons (Fsp3) is 0.550. The highest BCUT2D eigenvalue weighted by atomic mass is 79.9. The van der Waals surface area contributed by atoms with Crippen LogP contribution in [0.15, 0.2) is 28.7 Å². The number of urea groups is 1. The van der Waals surface area contributed by atoms with E-state index in [0.29, 0.717) is 12.1 Å². The molecule has 0 unspecified atom stereocenters. The highest BCUT2D eigenvalue weighted by molar-refractivity contribution is 9.10. The summed E-state index contributed by atoms with van der Waals surface area (Å²) in [6.45, 7) is 9.19. The molecule has 28 heavy (non-hydrogen) atoms. The third kappa shape index (κ3) is 10.4. The van der Waals surface area contributed by atoms with Crippen LogP contribution in [0.3, 0.4) is 0 Å².